The number of ether oxygens (including phenoxy) is 1. The zero-order valence-corrected chi connectivity index (χ0v) is 19.9. The predicted octanol–water partition coefficient (Wildman–Crippen LogP) is 3.42. The smallest absolute Gasteiger partial charge is 0.274 e. The number of hydrogen-bond acceptors (Lipinski definition) is 7. The number of H-pyrrole nitrogens is 1. The molecule has 2 aromatic heterocycles. The first-order chi connectivity index (χ1) is 17.1. The number of aromatic amines is 1. The third-order valence-corrected chi connectivity index (χ3v) is 5.81. The van der Waals surface area contributed by atoms with Crippen LogP contribution in [0.1, 0.15) is 21.0 Å². The summed E-state index contributed by atoms with van der Waals surface area (Å²) in [7, 11) is -2.24. The highest BCUT2D eigenvalue weighted by Crippen LogP contribution is 2.26. The van der Waals surface area contributed by atoms with Gasteiger partial charge in [-0.25, -0.2) is 17.8 Å². The average Bonchev–Trinajstić information content (AvgIpc) is 3.32. The number of amides is 2. The van der Waals surface area contributed by atoms with E-state index in [4.69, 9.17) is 4.74 Å². The topological polar surface area (TPSA) is 143 Å². The zero-order chi connectivity index (χ0) is 25.9. The number of hydrogen-bond donors (Lipinski definition) is 3. The van der Waals surface area contributed by atoms with Crippen molar-refractivity contribution in [3.63, 3.8) is 0 Å². The van der Waals surface area contributed by atoms with Crippen molar-refractivity contribution in [3.8, 4) is 22.8 Å². The van der Waals surface area contributed by atoms with Gasteiger partial charge in [0.25, 0.3) is 11.8 Å². The number of carbonyl (C=O) groups is 2. The number of rotatable bonds is 7. The first-order valence-electron chi connectivity index (χ1n) is 10.5. The van der Waals surface area contributed by atoms with Crippen molar-refractivity contribution in [3.05, 3.63) is 84.1 Å². The summed E-state index contributed by atoms with van der Waals surface area (Å²) < 4.78 is 43.1. The maximum Gasteiger partial charge on any atom is 0.274 e. The molecule has 0 bridgehead atoms. The number of imidazole rings is 1. The van der Waals surface area contributed by atoms with Crippen LogP contribution in [-0.2, 0) is 9.84 Å². The van der Waals surface area contributed by atoms with E-state index in [2.05, 4.69) is 25.6 Å². The third kappa shape index (κ3) is 5.55. The minimum Gasteiger partial charge on any atom is -0.457 e. The van der Waals surface area contributed by atoms with E-state index in [0.717, 1.165) is 6.26 Å². The van der Waals surface area contributed by atoms with Crippen molar-refractivity contribution in [1.29, 1.82) is 0 Å². The number of nitrogens with one attached hydrogen (secondary N) is 3. The molecule has 0 saturated heterocycles. The minimum absolute atomic E-state index is 0.0671. The number of sulfone groups is 1. The highest BCUT2D eigenvalue weighted by atomic mass is 32.2. The summed E-state index contributed by atoms with van der Waals surface area (Å²) in [5, 5.41) is 4.77. The maximum atomic E-state index is 13.4. The lowest BCUT2D eigenvalue weighted by Gasteiger charge is -2.09. The van der Waals surface area contributed by atoms with Gasteiger partial charge < -0.3 is 20.4 Å². The van der Waals surface area contributed by atoms with E-state index in [1.807, 2.05) is 0 Å². The lowest BCUT2D eigenvalue weighted by atomic mass is 10.1. The van der Waals surface area contributed by atoms with Gasteiger partial charge in [-0.3, -0.25) is 14.6 Å². The molecule has 0 spiro atoms. The Morgan fingerprint density at radius 3 is 2.31 bits per heavy atom. The van der Waals surface area contributed by atoms with Crippen LogP contribution in [-0.4, -0.2) is 48.5 Å². The summed E-state index contributed by atoms with van der Waals surface area (Å²) in [6.45, 7) is 0. The zero-order valence-electron chi connectivity index (χ0n) is 19.1. The van der Waals surface area contributed by atoms with Crippen LogP contribution in [0, 0.1) is 5.82 Å². The Labute approximate surface area is 205 Å². The molecule has 2 amide bonds. The molecule has 2 heterocycles. The van der Waals surface area contributed by atoms with Gasteiger partial charge in [-0.2, -0.15) is 0 Å². The molecule has 12 heteroatoms. The van der Waals surface area contributed by atoms with E-state index in [1.54, 1.807) is 30.3 Å². The molecule has 0 unspecified atom stereocenters. The van der Waals surface area contributed by atoms with Gasteiger partial charge in [0.15, 0.2) is 0 Å². The Balaban J connectivity index is 1.54. The second-order valence-corrected chi connectivity index (χ2v) is 9.51. The Morgan fingerprint density at radius 1 is 0.972 bits per heavy atom. The molecule has 0 fully saturated rings. The number of benzene rings is 2. The SMILES string of the molecule is CNC(=O)c1cc(Oc2ccc(NC(=O)c3[nH]c(S(C)(=O)=O)nc3-c3ccc(F)cc3)cc2)ccn1. The summed E-state index contributed by atoms with van der Waals surface area (Å²) in [6.07, 6.45) is 2.41. The first kappa shape index (κ1) is 24.5. The summed E-state index contributed by atoms with van der Waals surface area (Å²) in [5.41, 5.74) is 0.931. The van der Waals surface area contributed by atoms with Gasteiger partial charge in [0, 0.05) is 36.8 Å². The van der Waals surface area contributed by atoms with E-state index >= 15 is 0 Å². The van der Waals surface area contributed by atoms with Crippen molar-refractivity contribution >= 4 is 27.3 Å². The number of halogens is 1. The summed E-state index contributed by atoms with van der Waals surface area (Å²) in [4.78, 5) is 35.3. The number of nitrogens with zero attached hydrogens (tertiary/aromatic N) is 2. The Hall–Kier alpha value is -4.58. The molecule has 0 aliphatic carbocycles. The number of pyridine rings is 1. The molecular weight excluding hydrogens is 489 g/mol. The van der Waals surface area contributed by atoms with Gasteiger partial charge in [-0.15, -0.1) is 0 Å². The van der Waals surface area contributed by atoms with Gasteiger partial charge in [-0.1, -0.05) is 0 Å². The largest absolute Gasteiger partial charge is 0.457 e. The standard InChI is InChI=1S/C24H20FN5O5S/c1-26-22(31)19-13-18(11-12-27-19)35-17-9-7-16(8-10-17)28-23(32)21-20(14-3-5-15(25)6-4-14)29-24(30-21)36(2,33)34/h3-13H,1-2H3,(H,26,31)(H,28,32)(H,29,30). The summed E-state index contributed by atoms with van der Waals surface area (Å²) >= 11 is 0. The van der Waals surface area contributed by atoms with Crippen LogP contribution in [0.25, 0.3) is 11.3 Å². The second kappa shape index (κ2) is 9.96. The van der Waals surface area contributed by atoms with E-state index in [9.17, 15) is 22.4 Å². The molecule has 0 aliphatic rings. The highest BCUT2D eigenvalue weighted by molar-refractivity contribution is 7.90. The highest BCUT2D eigenvalue weighted by Gasteiger charge is 2.23. The van der Waals surface area contributed by atoms with Crippen molar-refractivity contribution in [2.24, 2.45) is 0 Å². The molecule has 184 valence electrons. The fraction of sp³-hybridized carbons (Fsp3) is 0.0833. The Bertz CT molecular complexity index is 1530. The fourth-order valence-corrected chi connectivity index (χ4v) is 3.72. The second-order valence-electron chi connectivity index (χ2n) is 7.58. The molecule has 4 aromatic rings. The summed E-state index contributed by atoms with van der Waals surface area (Å²) in [6, 6.07) is 14.6. The molecule has 36 heavy (non-hydrogen) atoms. The van der Waals surface area contributed by atoms with E-state index < -0.39 is 21.6 Å². The van der Waals surface area contributed by atoms with E-state index in [0.29, 0.717) is 22.7 Å². The summed E-state index contributed by atoms with van der Waals surface area (Å²) in [5.74, 6) is -0.640. The van der Waals surface area contributed by atoms with Crippen LogP contribution < -0.4 is 15.4 Å². The van der Waals surface area contributed by atoms with E-state index in [1.165, 1.54) is 43.6 Å². The predicted molar refractivity (Wildman–Crippen MR) is 129 cm³/mol. The maximum absolute atomic E-state index is 13.4. The van der Waals surface area contributed by atoms with Crippen molar-refractivity contribution in [1.82, 2.24) is 20.3 Å². The molecular formula is C24H20FN5O5S. The molecule has 0 aliphatic heterocycles. The number of carbonyl (C=O) groups excluding carboxylic acids is 2. The average molecular weight is 510 g/mol. The quantitative estimate of drug-likeness (QED) is 0.346. The lowest BCUT2D eigenvalue weighted by Crippen LogP contribution is -2.18. The third-order valence-electron chi connectivity index (χ3n) is 4.92. The molecule has 0 radical (unpaired) electrons. The lowest BCUT2D eigenvalue weighted by molar-refractivity contribution is 0.0957. The molecule has 4 rings (SSSR count). The van der Waals surface area contributed by atoms with Crippen LogP contribution >= 0.6 is 0 Å². The molecule has 0 saturated carbocycles. The normalized spacial score (nSPS) is 11.1. The van der Waals surface area contributed by atoms with Gasteiger partial charge >= 0.3 is 0 Å². The van der Waals surface area contributed by atoms with Crippen molar-refractivity contribution in [2.75, 3.05) is 18.6 Å². The van der Waals surface area contributed by atoms with Crippen LogP contribution in [0.3, 0.4) is 0 Å². The van der Waals surface area contributed by atoms with Crippen molar-refractivity contribution in [2.45, 2.75) is 5.16 Å². The van der Waals surface area contributed by atoms with Crippen LogP contribution in [0.4, 0.5) is 10.1 Å². The van der Waals surface area contributed by atoms with Crippen LogP contribution in [0.2, 0.25) is 0 Å². The Kier molecular flexibility index (Phi) is 6.79. The fourth-order valence-electron chi connectivity index (χ4n) is 3.17. The monoisotopic (exact) mass is 509 g/mol. The first-order valence-corrected chi connectivity index (χ1v) is 12.4. The molecule has 2 aromatic carbocycles. The van der Waals surface area contributed by atoms with Crippen molar-refractivity contribution < 1.29 is 27.1 Å². The molecule has 10 nitrogen and oxygen atoms in total. The molecule has 0 atom stereocenters. The van der Waals surface area contributed by atoms with Gasteiger partial charge in [0.2, 0.25) is 15.0 Å². The molecule has 3 N–H and O–H groups in total. The Morgan fingerprint density at radius 2 is 1.67 bits per heavy atom. The van der Waals surface area contributed by atoms with Crippen LogP contribution in [0.15, 0.2) is 72.0 Å². The number of aromatic nitrogens is 3. The number of anilines is 1. The van der Waals surface area contributed by atoms with Gasteiger partial charge in [0.1, 0.15) is 34.4 Å². The van der Waals surface area contributed by atoms with Gasteiger partial charge in [-0.05, 0) is 54.6 Å². The van der Waals surface area contributed by atoms with Crippen LogP contribution in [0.5, 0.6) is 11.5 Å². The van der Waals surface area contributed by atoms with E-state index in [-0.39, 0.29) is 28.1 Å². The van der Waals surface area contributed by atoms with Gasteiger partial charge in [0.05, 0.1) is 0 Å². The minimum atomic E-state index is -3.74.